The van der Waals surface area contributed by atoms with Crippen molar-refractivity contribution >= 4 is 0 Å². The first-order valence-corrected chi connectivity index (χ1v) is 4.47. The molecule has 0 aliphatic rings. The van der Waals surface area contributed by atoms with Crippen molar-refractivity contribution in [3.8, 4) is 0 Å². The minimum atomic E-state index is 1.16. The first-order valence-electron chi connectivity index (χ1n) is 4.47. The minimum Gasteiger partial charge on any atom is -0.0764 e. The van der Waals surface area contributed by atoms with E-state index >= 15 is 0 Å². The van der Waals surface area contributed by atoms with Gasteiger partial charge in [0.15, 0.2) is 0 Å². The fourth-order valence-electron chi connectivity index (χ4n) is 0.427. The van der Waals surface area contributed by atoms with Gasteiger partial charge in [-0.3, -0.25) is 0 Å². The minimum absolute atomic E-state index is 1.16. The molecule has 0 bridgehead atoms. The van der Waals surface area contributed by atoms with Gasteiger partial charge in [0.1, 0.15) is 0 Å². The van der Waals surface area contributed by atoms with Crippen molar-refractivity contribution < 1.29 is 0 Å². The van der Waals surface area contributed by atoms with E-state index in [1.54, 1.807) is 0 Å². The van der Waals surface area contributed by atoms with Crippen LogP contribution in [-0.4, -0.2) is 0 Å². The lowest BCUT2D eigenvalue weighted by Crippen LogP contribution is -1.68. The largest absolute Gasteiger partial charge is 0.0764 e. The van der Waals surface area contributed by atoms with Gasteiger partial charge in [0, 0.05) is 0 Å². The van der Waals surface area contributed by atoms with E-state index in [0.717, 1.165) is 6.42 Å². The van der Waals surface area contributed by atoms with E-state index in [9.17, 15) is 0 Å². The fourth-order valence-corrected chi connectivity index (χ4v) is 0.427. The second-order valence-electron chi connectivity index (χ2n) is 2.61. The maximum atomic E-state index is 2.18. The van der Waals surface area contributed by atoms with Gasteiger partial charge in [-0.1, -0.05) is 44.1 Å². The lowest BCUT2D eigenvalue weighted by molar-refractivity contribution is 1.10. The molecule has 0 heterocycles. The third-order valence-corrected chi connectivity index (χ3v) is 1.26. The van der Waals surface area contributed by atoms with Crippen molar-refractivity contribution in [2.45, 2.75) is 48.0 Å². The van der Waals surface area contributed by atoms with E-state index in [4.69, 9.17) is 0 Å². The molecule has 0 rings (SSSR count). The van der Waals surface area contributed by atoms with Crippen molar-refractivity contribution in [1.82, 2.24) is 0 Å². The second kappa shape index (κ2) is 9.48. The molecule has 11 heavy (non-hydrogen) atoms. The van der Waals surface area contributed by atoms with Crippen LogP contribution in [0.1, 0.15) is 48.0 Å². The molecule has 0 aliphatic heterocycles. The monoisotopic (exact) mass is 154 g/mol. The van der Waals surface area contributed by atoms with Crippen molar-refractivity contribution in [2.24, 2.45) is 0 Å². The molecule has 0 unspecified atom stereocenters. The summed E-state index contributed by atoms with van der Waals surface area (Å²) in [5, 5.41) is 0. The van der Waals surface area contributed by atoms with Gasteiger partial charge in [-0.05, 0) is 27.2 Å². The highest BCUT2D eigenvalue weighted by Gasteiger charge is 1.78. The summed E-state index contributed by atoms with van der Waals surface area (Å²) in [4.78, 5) is 0. The van der Waals surface area contributed by atoms with Gasteiger partial charge in [0.25, 0.3) is 0 Å². The predicted molar refractivity (Wildman–Crippen MR) is 54.8 cm³/mol. The van der Waals surface area contributed by atoms with Crippen LogP contribution in [0.5, 0.6) is 0 Å². The van der Waals surface area contributed by atoms with Crippen LogP contribution in [0.15, 0.2) is 23.3 Å². The predicted octanol–water partition coefficient (Wildman–Crippen LogP) is 4.34. The van der Waals surface area contributed by atoms with Gasteiger partial charge in [-0.15, -0.1) is 0 Å². The summed E-state index contributed by atoms with van der Waals surface area (Å²) in [7, 11) is 0. The molecule has 0 fully saturated rings. The quantitative estimate of drug-likeness (QED) is 0.519. The van der Waals surface area contributed by atoms with Crippen molar-refractivity contribution in [3.05, 3.63) is 23.3 Å². The SMILES string of the molecule is CC.CC/C(C)=C/C=C(C)C. The van der Waals surface area contributed by atoms with Gasteiger partial charge in [-0.2, -0.15) is 0 Å². The van der Waals surface area contributed by atoms with Gasteiger partial charge < -0.3 is 0 Å². The average molecular weight is 154 g/mol. The van der Waals surface area contributed by atoms with Crippen LogP contribution in [0.25, 0.3) is 0 Å². The standard InChI is InChI=1S/C9H16.C2H6/c1-5-9(4)7-6-8(2)3;1-2/h6-7H,5H2,1-4H3;1-2H3/b9-7+;. The molecule has 0 nitrogen and oxygen atoms in total. The van der Waals surface area contributed by atoms with Crippen LogP contribution in [0.3, 0.4) is 0 Å². The molecule has 0 heteroatoms. The number of hydrogen-bond acceptors (Lipinski definition) is 0. The van der Waals surface area contributed by atoms with Gasteiger partial charge >= 0.3 is 0 Å². The fraction of sp³-hybridized carbons (Fsp3) is 0.636. The molecule has 0 saturated carbocycles. The zero-order valence-corrected chi connectivity index (χ0v) is 8.86. The third kappa shape index (κ3) is 12.6. The summed E-state index contributed by atoms with van der Waals surface area (Å²) < 4.78 is 0. The lowest BCUT2D eigenvalue weighted by atomic mass is 10.2. The molecule has 0 atom stereocenters. The van der Waals surface area contributed by atoms with Crippen molar-refractivity contribution in [1.29, 1.82) is 0 Å². The molecule has 0 aliphatic carbocycles. The number of allylic oxidation sites excluding steroid dienone is 4. The van der Waals surface area contributed by atoms with E-state index in [1.165, 1.54) is 11.1 Å². The molecule has 0 radical (unpaired) electrons. The van der Waals surface area contributed by atoms with E-state index in [-0.39, 0.29) is 0 Å². The Morgan fingerprint density at radius 2 is 1.45 bits per heavy atom. The summed E-state index contributed by atoms with van der Waals surface area (Å²) in [6.07, 6.45) is 5.48. The van der Waals surface area contributed by atoms with Crippen LogP contribution >= 0.6 is 0 Å². The van der Waals surface area contributed by atoms with E-state index in [2.05, 4.69) is 39.8 Å². The normalized spacial score (nSPS) is 9.82. The average Bonchev–Trinajstić information content (AvgIpc) is 2.04. The van der Waals surface area contributed by atoms with E-state index in [1.807, 2.05) is 13.8 Å². The highest BCUT2D eigenvalue weighted by molar-refractivity contribution is 5.13. The summed E-state index contributed by atoms with van der Waals surface area (Å²) in [5.74, 6) is 0. The molecular formula is C11H22. The maximum Gasteiger partial charge on any atom is -0.0349 e. The number of rotatable bonds is 2. The number of hydrogen-bond donors (Lipinski definition) is 0. The molecule has 66 valence electrons. The Labute approximate surface area is 72.0 Å². The molecule has 0 spiro atoms. The molecule has 0 aromatic rings. The zero-order valence-electron chi connectivity index (χ0n) is 8.86. The highest BCUT2D eigenvalue weighted by atomic mass is 13.9. The Morgan fingerprint density at radius 1 is 1.00 bits per heavy atom. The van der Waals surface area contributed by atoms with Gasteiger partial charge in [0.2, 0.25) is 0 Å². The van der Waals surface area contributed by atoms with Crippen LogP contribution in [-0.2, 0) is 0 Å². The topological polar surface area (TPSA) is 0 Å². The van der Waals surface area contributed by atoms with Gasteiger partial charge in [0.05, 0.1) is 0 Å². The summed E-state index contributed by atoms with van der Waals surface area (Å²) in [5.41, 5.74) is 2.80. The first kappa shape index (κ1) is 13.1. The maximum absolute atomic E-state index is 2.18. The summed E-state index contributed by atoms with van der Waals surface area (Å²) >= 11 is 0. The Balaban J connectivity index is 0. The van der Waals surface area contributed by atoms with Crippen molar-refractivity contribution in [3.63, 3.8) is 0 Å². The molecule has 0 aromatic carbocycles. The zero-order chi connectivity index (χ0) is 9.28. The molecule has 0 N–H and O–H groups in total. The molecule has 0 amide bonds. The van der Waals surface area contributed by atoms with Crippen molar-refractivity contribution in [2.75, 3.05) is 0 Å². The van der Waals surface area contributed by atoms with E-state index < -0.39 is 0 Å². The van der Waals surface area contributed by atoms with Gasteiger partial charge in [-0.25, -0.2) is 0 Å². The Bertz CT molecular complexity index is 123. The summed E-state index contributed by atoms with van der Waals surface area (Å²) in [6.45, 7) is 12.5. The van der Waals surface area contributed by atoms with Crippen LogP contribution in [0.2, 0.25) is 0 Å². The highest BCUT2D eigenvalue weighted by Crippen LogP contribution is 1.99. The van der Waals surface area contributed by atoms with Crippen LogP contribution in [0.4, 0.5) is 0 Å². The smallest absolute Gasteiger partial charge is 0.0349 e. The lowest BCUT2D eigenvalue weighted by Gasteiger charge is -1.89. The first-order chi connectivity index (χ1) is 5.16. The Morgan fingerprint density at radius 3 is 1.73 bits per heavy atom. The van der Waals surface area contributed by atoms with E-state index in [0.29, 0.717) is 0 Å². The summed E-state index contributed by atoms with van der Waals surface area (Å²) in [6, 6.07) is 0. The van der Waals surface area contributed by atoms with Crippen LogP contribution in [0, 0.1) is 0 Å². The Hall–Kier alpha value is -0.520. The van der Waals surface area contributed by atoms with Crippen LogP contribution < -0.4 is 0 Å². The third-order valence-electron chi connectivity index (χ3n) is 1.26. The molecule has 0 aromatic heterocycles. The molecular weight excluding hydrogens is 132 g/mol. The molecule has 0 saturated heterocycles. The Kier molecular flexibility index (Phi) is 11.3. The second-order valence-corrected chi connectivity index (χ2v) is 2.61.